The van der Waals surface area contributed by atoms with Gasteiger partial charge in [-0.3, -0.25) is 0 Å². The lowest BCUT2D eigenvalue weighted by Crippen LogP contribution is -2.37. The van der Waals surface area contributed by atoms with Crippen LogP contribution in [0.15, 0.2) is 12.3 Å². The van der Waals surface area contributed by atoms with E-state index in [1.54, 1.807) is 6.20 Å². The number of hydrogen-bond acceptors (Lipinski definition) is 4. The molecule has 1 aromatic heterocycles. The molecular weight excluding hydrogens is 152 g/mol. The third kappa shape index (κ3) is 1.25. The van der Waals surface area contributed by atoms with E-state index in [0.717, 1.165) is 24.7 Å². The molecule has 2 N–H and O–H groups in total. The van der Waals surface area contributed by atoms with E-state index in [2.05, 4.69) is 14.9 Å². The van der Waals surface area contributed by atoms with Crippen molar-refractivity contribution in [2.75, 3.05) is 18.0 Å². The number of hydrogen-bond donors (Lipinski definition) is 1. The van der Waals surface area contributed by atoms with Crippen LogP contribution in [-0.2, 0) is 6.54 Å². The van der Waals surface area contributed by atoms with Crippen molar-refractivity contribution in [1.29, 1.82) is 0 Å². The maximum absolute atomic E-state index is 5.43. The first-order valence-corrected chi connectivity index (χ1v) is 4.17. The SMILES string of the molecule is NCc1nccc(N2CCC2)n1. The summed E-state index contributed by atoms with van der Waals surface area (Å²) in [5.41, 5.74) is 5.43. The highest BCUT2D eigenvalue weighted by molar-refractivity contribution is 5.39. The molecular formula is C8H12N4. The second-order valence-electron chi connectivity index (χ2n) is 2.88. The Kier molecular flexibility index (Phi) is 1.91. The van der Waals surface area contributed by atoms with Gasteiger partial charge in [-0.1, -0.05) is 0 Å². The average molecular weight is 164 g/mol. The zero-order valence-corrected chi connectivity index (χ0v) is 6.90. The van der Waals surface area contributed by atoms with E-state index < -0.39 is 0 Å². The largest absolute Gasteiger partial charge is 0.356 e. The number of anilines is 1. The molecule has 1 aliphatic rings. The molecule has 0 aliphatic carbocycles. The van der Waals surface area contributed by atoms with Crippen LogP contribution in [0, 0.1) is 0 Å². The molecule has 2 heterocycles. The van der Waals surface area contributed by atoms with Crippen molar-refractivity contribution >= 4 is 5.82 Å². The van der Waals surface area contributed by atoms with Gasteiger partial charge in [0.05, 0.1) is 6.54 Å². The molecule has 0 bridgehead atoms. The summed E-state index contributed by atoms with van der Waals surface area (Å²) < 4.78 is 0. The van der Waals surface area contributed by atoms with Crippen molar-refractivity contribution in [2.24, 2.45) is 5.73 Å². The molecule has 64 valence electrons. The Morgan fingerprint density at radius 2 is 2.33 bits per heavy atom. The number of nitrogens with two attached hydrogens (primary N) is 1. The van der Waals surface area contributed by atoms with Crippen LogP contribution in [0.3, 0.4) is 0 Å². The lowest BCUT2D eigenvalue weighted by molar-refractivity contribution is 0.606. The Morgan fingerprint density at radius 3 is 2.92 bits per heavy atom. The summed E-state index contributed by atoms with van der Waals surface area (Å²) in [6.07, 6.45) is 3.03. The highest BCUT2D eigenvalue weighted by Crippen LogP contribution is 2.16. The third-order valence-corrected chi connectivity index (χ3v) is 2.05. The molecule has 12 heavy (non-hydrogen) atoms. The first kappa shape index (κ1) is 7.49. The van der Waals surface area contributed by atoms with Gasteiger partial charge in [0.2, 0.25) is 0 Å². The average Bonchev–Trinajstić information content (AvgIpc) is 2.02. The Morgan fingerprint density at radius 1 is 1.50 bits per heavy atom. The van der Waals surface area contributed by atoms with Gasteiger partial charge in [0, 0.05) is 19.3 Å². The van der Waals surface area contributed by atoms with Crippen LogP contribution in [0.5, 0.6) is 0 Å². The fourth-order valence-corrected chi connectivity index (χ4v) is 1.21. The fraction of sp³-hybridized carbons (Fsp3) is 0.500. The van der Waals surface area contributed by atoms with Crippen molar-refractivity contribution in [3.05, 3.63) is 18.1 Å². The monoisotopic (exact) mass is 164 g/mol. The van der Waals surface area contributed by atoms with Crippen molar-refractivity contribution in [2.45, 2.75) is 13.0 Å². The van der Waals surface area contributed by atoms with E-state index in [9.17, 15) is 0 Å². The van der Waals surface area contributed by atoms with Gasteiger partial charge in [0.25, 0.3) is 0 Å². The predicted molar refractivity (Wildman–Crippen MR) is 46.8 cm³/mol. The number of nitrogens with zero attached hydrogens (tertiary/aromatic N) is 3. The van der Waals surface area contributed by atoms with E-state index in [-0.39, 0.29) is 0 Å². The maximum atomic E-state index is 5.43. The smallest absolute Gasteiger partial charge is 0.144 e. The summed E-state index contributed by atoms with van der Waals surface area (Å²) in [6, 6.07) is 1.93. The molecule has 0 saturated carbocycles. The van der Waals surface area contributed by atoms with Crippen molar-refractivity contribution < 1.29 is 0 Å². The number of rotatable bonds is 2. The van der Waals surface area contributed by atoms with Gasteiger partial charge in [0.15, 0.2) is 0 Å². The molecule has 0 aromatic carbocycles. The van der Waals surface area contributed by atoms with Crippen molar-refractivity contribution in [1.82, 2.24) is 9.97 Å². The van der Waals surface area contributed by atoms with E-state index in [1.807, 2.05) is 6.07 Å². The Bertz CT molecular complexity index is 270. The summed E-state index contributed by atoms with van der Waals surface area (Å²) in [4.78, 5) is 10.6. The molecule has 4 nitrogen and oxygen atoms in total. The molecule has 0 spiro atoms. The third-order valence-electron chi connectivity index (χ3n) is 2.05. The van der Waals surface area contributed by atoms with Crippen LogP contribution in [0.2, 0.25) is 0 Å². The fourth-order valence-electron chi connectivity index (χ4n) is 1.21. The molecule has 1 saturated heterocycles. The Labute approximate surface area is 71.4 Å². The van der Waals surface area contributed by atoms with Crippen LogP contribution in [0.1, 0.15) is 12.2 Å². The molecule has 0 unspecified atom stereocenters. The first-order valence-electron chi connectivity index (χ1n) is 4.17. The highest BCUT2D eigenvalue weighted by atomic mass is 15.2. The molecule has 1 aliphatic heterocycles. The zero-order chi connectivity index (χ0) is 8.39. The van der Waals surface area contributed by atoms with Gasteiger partial charge < -0.3 is 10.6 Å². The van der Waals surface area contributed by atoms with Crippen molar-refractivity contribution in [3.8, 4) is 0 Å². The lowest BCUT2D eigenvalue weighted by Gasteiger charge is -2.31. The maximum Gasteiger partial charge on any atom is 0.144 e. The van der Waals surface area contributed by atoms with Gasteiger partial charge >= 0.3 is 0 Å². The minimum absolute atomic E-state index is 0.418. The summed E-state index contributed by atoms with van der Waals surface area (Å²) in [5.74, 6) is 1.73. The van der Waals surface area contributed by atoms with Gasteiger partial charge in [-0.25, -0.2) is 9.97 Å². The summed E-state index contributed by atoms with van der Waals surface area (Å²) in [6.45, 7) is 2.64. The summed E-state index contributed by atoms with van der Waals surface area (Å²) in [5, 5.41) is 0. The van der Waals surface area contributed by atoms with Crippen LogP contribution in [0.25, 0.3) is 0 Å². The van der Waals surface area contributed by atoms with Gasteiger partial charge in [-0.05, 0) is 12.5 Å². The molecule has 1 fully saturated rings. The highest BCUT2D eigenvalue weighted by Gasteiger charge is 2.15. The Hall–Kier alpha value is -1.16. The predicted octanol–water partition coefficient (Wildman–Crippen LogP) is 0.145. The van der Waals surface area contributed by atoms with Crippen LogP contribution in [0.4, 0.5) is 5.82 Å². The van der Waals surface area contributed by atoms with Crippen LogP contribution >= 0.6 is 0 Å². The molecule has 4 heteroatoms. The topological polar surface area (TPSA) is 55.0 Å². The van der Waals surface area contributed by atoms with E-state index >= 15 is 0 Å². The number of aromatic nitrogens is 2. The summed E-state index contributed by atoms with van der Waals surface area (Å²) >= 11 is 0. The van der Waals surface area contributed by atoms with E-state index in [1.165, 1.54) is 6.42 Å². The van der Waals surface area contributed by atoms with Gasteiger partial charge in [0.1, 0.15) is 11.6 Å². The molecule has 2 rings (SSSR count). The van der Waals surface area contributed by atoms with E-state index in [0.29, 0.717) is 6.54 Å². The van der Waals surface area contributed by atoms with Crippen LogP contribution in [-0.4, -0.2) is 23.1 Å². The van der Waals surface area contributed by atoms with Crippen molar-refractivity contribution in [3.63, 3.8) is 0 Å². The second kappa shape index (κ2) is 3.06. The standard InChI is InChI=1S/C8H12N4/c9-6-7-10-3-2-8(11-7)12-4-1-5-12/h2-3H,1,4-6,9H2. The summed E-state index contributed by atoms with van der Waals surface area (Å²) in [7, 11) is 0. The normalized spacial score (nSPS) is 15.9. The van der Waals surface area contributed by atoms with Gasteiger partial charge in [-0.2, -0.15) is 0 Å². The quantitative estimate of drug-likeness (QED) is 0.675. The molecule has 0 amide bonds. The second-order valence-corrected chi connectivity index (χ2v) is 2.88. The van der Waals surface area contributed by atoms with Crippen LogP contribution < -0.4 is 10.6 Å². The molecule has 0 radical (unpaired) electrons. The van der Waals surface area contributed by atoms with Gasteiger partial charge in [-0.15, -0.1) is 0 Å². The minimum atomic E-state index is 0.418. The molecule has 0 atom stereocenters. The Balaban J connectivity index is 2.19. The van der Waals surface area contributed by atoms with E-state index in [4.69, 9.17) is 5.73 Å². The minimum Gasteiger partial charge on any atom is -0.356 e. The lowest BCUT2D eigenvalue weighted by atomic mass is 10.2. The first-order chi connectivity index (χ1) is 5.90. The molecule has 1 aromatic rings. The zero-order valence-electron chi connectivity index (χ0n) is 6.90.